The van der Waals surface area contributed by atoms with E-state index in [4.69, 9.17) is 11.6 Å². The van der Waals surface area contributed by atoms with Crippen LogP contribution in [0.15, 0.2) is 23.4 Å². The normalized spacial score (nSPS) is 14.6. The zero-order valence-electron chi connectivity index (χ0n) is 11.3. The van der Waals surface area contributed by atoms with Gasteiger partial charge in [0, 0.05) is 23.4 Å². The molecule has 1 aromatic carbocycles. The molecule has 112 valence electrons. The van der Waals surface area contributed by atoms with Gasteiger partial charge in [-0.15, -0.1) is 5.10 Å². The third kappa shape index (κ3) is 4.15. The molecule has 2 aromatic rings. The van der Waals surface area contributed by atoms with Crippen molar-refractivity contribution in [1.82, 2.24) is 25.5 Å². The topological polar surface area (TPSA) is 55.6 Å². The molecule has 1 fully saturated rings. The second kappa shape index (κ2) is 6.72. The standard InChI is InChI=1S/C13H15ClFN5S/c14-12-7-10(15)2-1-9(12)8-21-13-17-18-19-20(13)6-5-16-11-3-4-11/h1-2,7,11,16H,3-6,8H2. The lowest BCUT2D eigenvalue weighted by Gasteiger charge is -2.06. The number of thioether (sulfide) groups is 1. The lowest BCUT2D eigenvalue weighted by molar-refractivity contribution is 0.509. The number of hydrogen-bond donors (Lipinski definition) is 1. The number of benzene rings is 1. The maximum Gasteiger partial charge on any atom is 0.209 e. The van der Waals surface area contributed by atoms with Gasteiger partial charge in [0.15, 0.2) is 0 Å². The third-order valence-electron chi connectivity index (χ3n) is 3.20. The van der Waals surface area contributed by atoms with E-state index in [0.717, 1.165) is 23.8 Å². The second-order valence-corrected chi connectivity index (χ2v) is 6.29. The Kier molecular flexibility index (Phi) is 4.72. The Labute approximate surface area is 131 Å². The lowest BCUT2D eigenvalue weighted by Crippen LogP contribution is -2.22. The first-order valence-electron chi connectivity index (χ1n) is 6.78. The number of halogens is 2. The van der Waals surface area contributed by atoms with Crippen molar-refractivity contribution < 1.29 is 4.39 Å². The Balaban J connectivity index is 1.55. The van der Waals surface area contributed by atoms with Gasteiger partial charge in [-0.1, -0.05) is 29.4 Å². The van der Waals surface area contributed by atoms with Gasteiger partial charge in [-0.3, -0.25) is 0 Å². The molecule has 0 radical (unpaired) electrons. The molecule has 1 aliphatic carbocycles. The minimum atomic E-state index is -0.329. The Hall–Kier alpha value is -1.18. The van der Waals surface area contributed by atoms with E-state index in [1.165, 1.54) is 36.7 Å². The van der Waals surface area contributed by atoms with Gasteiger partial charge in [0.05, 0.1) is 6.54 Å². The highest BCUT2D eigenvalue weighted by atomic mass is 35.5. The predicted octanol–water partition coefficient (Wildman–Crippen LogP) is 2.51. The number of rotatable bonds is 7. The minimum absolute atomic E-state index is 0.329. The Morgan fingerprint density at radius 3 is 3.05 bits per heavy atom. The predicted molar refractivity (Wildman–Crippen MR) is 79.8 cm³/mol. The van der Waals surface area contributed by atoms with Crippen LogP contribution in [0.1, 0.15) is 18.4 Å². The summed E-state index contributed by atoms with van der Waals surface area (Å²) < 4.78 is 14.8. The van der Waals surface area contributed by atoms with Crippen molar-refractivity contribution in [1.29, 1.82) is 0 Å². The van der Waals surface area contributed by atoms with E-state index in [9.17, 15) is 4.39 Å². The van der Waals surface area contributed by atoms with Crippen molar-refractivity contribution in [3.05, 3.63) is 34.6 Å². The van der Waals surface area contributed by atoms with E-state index in [1.807, 2.05) is 0 Å². The van der Waals surface area contributed by atoms with Gasteiger partial charge < -0.3 is 5.32 Å². The molecular formula is C13H15ClFN5S. The van der Waals surface area contributed by atoms with E-state index < -0.39 is 0 Å². The molecule has 1 aromatic heterocycles. The summed E-state index contributed by atoms with van der Waals surface area (Å²) >= 11 is 7.51. The summed E-state index contributed by atoms with van der Waals surface area (Å²) in [5, 5.41) is 16.3. The molecule has 1 saturated carbocycles. The summed E-state index contributed by atoms with van der Waals surface area (Å²) in [6, 6.07) is 5.09. The zero-order valence-corrected chi connectivity index (χ0v) is 12.9. The highest BCUT2D eigenvalue weighted by Gasteiger charge is 2.20. The van der Waals surface area contributed by atoms with Crippen LogP contribution in [0.5, 0.6) is 0 Å². The van der Waals surface area contributed by atoms with Gasteiger partial charge in [0.25, 0.3) is 0 Å². The van der Waals surface area contributed by atoms with E-state index >= 15 is 0 Å². The summed E-state index contributed by atoms with van der Waals surface area (Å²) in [5.74, 6) is 0.278. The van der Waals surface area contributed by atoms with E-state index in [-0.39, 0.29) is 5.82 Å². The van der Waals surface area contributed by atoms with Crippen LogP contribution < -0.4 is 5.32 Å². The molecule has 0 unspecified atom stereocenters. The van der Waals surface area contributed by atoms with Crippen LogP contribution in [0.3, 0.4) is 0 Å². The van der Waals surface area contributed by atoms with Crippen LogP contribution in [0.2, 0.25) is 5.02 Å². The summed E-state index contributed by atoms with van der Waals surface area (Å²) in [5.41, 5.74) is 0.869. The van der Waals surface area contributed by atoms with Crippen LogP contribution in [0.25, 0.3) is 0 Å². The van der Waals surface area contributed by atoms with Crippen LogP contribution in [0.4, 0.5) is 4.39 Å². The van der Waals surface area contributed by atoms with Crippen molar-refractivity contribution in [2.75, 3.05) is 6.54 Å². The summed E-state index contributed by atoms with van der Waals surface area (Å²) in [6.45, 7) is 1.60. The van der Waals surface area contributed by atoms with Gasteiger partial charge >= 0.3 is 0 Å². The smallest absolute Gasteiger partial charge is 0.209 e. The van der Waals surface area contributed by atoms with Gasteiger partial charge in [0.2, 0.25) is 5.16 Å². The monoisotopic (exact) mass is 327 g/mol. The molecule has 5 nitrogen and oxygen atoms in total. The Bertz CT molecular complexity index is 616. The maximum absolute atomic E-state index is 13.0. The van der Waals surface area contributed by atoms with Crippen molar-refractivity contribution in [2.45, 2.75) is 36.3 Å². The molecule has 0 aliphatic heterocycles. The lowest BCUT2D eigenvalue weighted by atomic mass is 10.2. The van der Waals surface area contributed by atoms with Crippen molar-refractivity contribution in [2.24, 2.45) is 0 Å². The molecular weight excluding hydrogens is 313 g/mol. The fourth-order valence-corrected chi connectivity index (χ4v) is 3.10. The summed E-state index contributed by atoms with van der Waals surface area (Å²) in [6.07, 6.45) is 2.53. The quantitative estimate of drug-likeness (QED) is 0.792. The molecule has 0 atom stereocenters. The molecule has 1 heterocycles. The number of hydrogen-bond acceptors (Lipinski definition) is 5. The SMILES string of the molecule is Fc1ccc(CSc2nnnn2CCNC2CC2)c(Cl)c1. The first-order valence-corrected chi connectivity index (χ1v) is 8.15. The fourth-order valence-electron chi connectivity index (χ4n) is 1.88. The maximum atomic E-state index is 13.0. The van der Waals surface area contributed by atoms with Gasteiger partial charge in [0.1, 0.15) is 5.82 Å². The number of tetrazole rings is 1. The van der Waals surface area contributed by atoms with E-state index in [2.05, 4.69) is 20.8 Å². The van der Waals surface area contributed by atoms with E-state index in [0.29, 0.717) is 16.8 Å². The molecule has 0 amide bonds. The molecule has 1 aliphatic rings. The zero-order chi connectivity index (χ0) is 14.7. The number of nitrogens with one attached hydrogen (secondary N) is 1. The highest BCUT2D eigenvalue weighted by molar-refractivity contribution is 7.98. The molecule has 3 rings (SSSR count). The van der Waals surface area contributed by atoms with Crippen LogP contribution in [-0.2, 0) is 12.3 Å². The summed E-state index contributed by atoms with van der Waals surface area (Å²) in [4.78, 5) is 0. The van der Waals surface area contributed by atoms with Crippen LogP contribution in [-0.4, -0.2) is 32.8 Å². The minimum Gasteiger partial charge on any atom is -0.312 e. The fraction of sp³-hybridized carbons (Fsp3) is 0.462. The molecule has 0 spiro atoms. The second-order valence-electron chi connectivity index (χ2n) is 4.94. The molecule has 1 N–H and O–H groups in total. The number of aromatic nitrogens is 4. The number of nitrogens with zero attached hydrogens (tertiary/aromatic N) is 4. The Morgan fingerprint density at radius 2 is 2.29 bits per heavy atom. The van der Waals surface area contributed by atoms with Crippen molar-refractivity contribution in [3.8, 4) is 0 Å². The highest BCUT2D eigenvalue weighted by Crippen LogP contribution is 2.25. The largest absolute Gasteiger partial charge is 0.312 e. The molecule has 0 saturated heterocycles. The molecule has 0 bridgehead atoms. The first-order chi connectivity index (χ1) is 10.2. The molecule has 21 heavy (non-hydrogen) atoms. The van der Waals surface area contributed by atoms with Gasteiger partial charge in [-0.05, 0) is 41.0 Å². The van der Waals surface area contributed by atoms with Crippen molar-refractivity contribution in [3.63, 3.8) is 0 Å². The van der Waals surface area contributed by atoms with Crippen LogP contribution in [0, 0.1) is 5.82 Å². The Morgan fingerprint density at radius 1 is 1.43 bits per heavy atom. The first kappa shape index (κ1) is 14.7. The van der Waals surface area contributed by atoms with Gasteiger partial charge in [-0.25, -0.2) is 9.07 Å². The summed E-state index contributed by atoms with van der Waals surface area (Å²) in [7, 11) is 0. The average molecular weight is 328 g/mol. The molecule has 8 heteroatoms. The van der Waals surface area contributed by atoms with Crippen LogP contribution >= 0.6 is 23.4 Å². The van der Waals surface area contributed by atoms with E-state index in [1.54, 1.807) is 10.7 Å². The van der Waals surface area contributed by atoms with Crippen molar-refractivity contribution >= 4 is 23.4 Å². The average Bonchev–Trinajstić information content (AvgIpc) is 3.17. The van der Waals surface area contributed by atoms with Gasteiger partial charge in [-0.2, -0.15) is 0 Å². The third-order valence-corrected chi connectivity index (χ3v) is 4.56.